The second-order valence-corrected chi connectivity index (χ2v) is 7.52. The van der Waals surface area contributed by atoms with E-state index in [0.717, 1.165) is 11.1 Å². The molecular weight excluding hydrogens is 432 g/mol. The van der Waals surface area contributed by atoms with E-state index in [9.17, 15) is 14.4 Å². The number of hydrazine groups is 1. The van der Waals surface area contributed by atoms with Crippen molar-refractivity contribution in [2.24, 2.45) is 4.99 Å². The van der Waals surface area contributed by atoms with Gasteiger partial charge < -0.3 is 10.2 Å². The summed E-state index contributed by atoms with van der Waals surface area (Å²) >= 11 is 0. The summed E-state index contributed by atoms with van der Waals surface area (Å²) in [6.07, 6.45) is 1.24. The molecule has 2 N–H and O–H groups in total. The van der Waals surface area contributed by atoms with Gasteiger partial charge in [0.15, 0.2) is 5.70 Å². The Kier molecular flexibility index (Phi) is 6.90. The number of para-hydroxylation sites is 1. The topological polar surface area (TPSA) is 100 Å². The number of carbonyl (C=O) groups is 3. The van der Waals surface area contributed by atoms with Crippen LogP contribution >= 0.6 is 0 Å². The molecule has 1 aliphatic rings. The zero-order valence-corrected chi connectivity index (χ0v) is 18.4. The fourth-order valence-corrected chi connectivity index (χ4v) is 3.18. The van der Waals surface area contributed by atoms with Crippen molar-refractivity contribution in [3.63, 3.8) is 0 Å². The van der Waals surface area contributed by atoms with E-state index >= 15 is 0 Å². The Hall–Kier alpha value is -4.56. The molecule has 1 heterocycles. The molecule has 4 rings (SSSR count). The predicted octanol–water partition coefficient (Wildman–Crippen LogP) is 3.26. The normalized spacial score (nSPS) is 14.7. The molecule has 0 radical (unpaired) electrons. The molecule has 34 heavy (non-hydrogen) atoms. The first kappa shape index (κ1) is 22.6. The molecular formula is C26H22N4O4. The lowest BCUT2D eigenvalue weighted by Gasteiger charge is -2.15. The highest BCUT2D eigenvalue weighted by molar-refractivity contribution is 6.45. The molecule has 170 valence electrons. The van der Waals surface area contributed by atoms with Gasteiger partial charge in [0.25, 0.3) is 11.8 Å². The molecule has 0 saturated carbocycles. The Balaban J connectivity index is 1.65. The Labute approximate surface area is 196 Å². The molecule has 8 nitrogen and oxygen atoms in total. The molecule has 0 unspecified atom stereocenters. The lowest BCUT2D eigenvalue weighted by molar-refractivity contribution is -0.140. The number of carbonyl (C=O) groups excluding carboxylic acids is 3. The van der Waals surface area contributed by atoms with Gasteiger partial charge in [-0.2, -0.15) is 0 Å². The smallest absolute Gasteiger partial charge is 0.347 e. The van der Waals surface area contributed by atoms with Gasteiger partial charge in [-0.05, 0) is 36.8 Å². The Morgan fingerprint density at radius 2 is 1.62 bits per heavy atom. The predicted molar refractivity (Wildman–Crippen MR) is 127 cm³/mol. The summed E-state index contributed by atoms with van der Waals surface area (Å²) < 4.78 is 0. The van der Waals surface area contributed by atoms with Crippen LogP contribution in [0.4, 0.5) is 5.69 Å². The van der Waals surface area contributed by atoms with E-state index in [1.807, 2.05) is 37.3 Å². The maximum atomic E-state index is 13.1. The number of amides is 2. The molecule has 0 atom stereocenters. The van der Waals surface area contributed by atoms with Crippen LogP contribution in [0, 0.1) is 6.92 Å². The van der Waals surface area contributed by atoms with Gasteiger partial charge in [-0.1, -0.05) is 71.8 Å². The van der Waals surface area contributed by atoms with Crippen LogP contribution < -0.4 is 15.9 Å². The highest BCUT2D eigenvalue weighted by Crippen LogP contribution is 2.21. The van der Waals surface area contributed by atoms with Crippen LogP contribution in [0.25, 0.3) is 0 Å². The summed E-state index contributed by atoms with van der Waals surface area (Å²) in [4.78, 5) is 47.2. The average Bonchev–Trinajstić information content (AvgIpc) is 3.24. The van der Waals surface area contributed by atoms with Crippen molar-refractivity contribution in [1.29, 1.82) is 0 Å². The van der Waals surface area contributed by atoms with Crippen molar-refractivity contribution in [3.05, 3.63) is 113 Å². The Morgan fingerprint density at radius 1 is 0.971 bits per heavy atom. The van der Waals surface area contributed by atoms with Crippen LogP contribution in [0.2, 0.25) is 0 Å². The maximum Gasteiger partial charge on any atom is 0.376 e. The third-order valence-electron chi connectivity index (χ3n) is 5.02. The third kappa shape index (κ3) is 5.43. The standard InChI is InChI=1S/C26H22N4O4/c1-18-12-14-19(15-13-18)17-27-25(32)22(28-24(31)20-8-4-2-5-9-20)16-23-26(33)34-29-30(23)21-10-6-3-7-11-21/h2-16,29H,17H2,1H3,(H,27,32)/b23-16+,28-22?. The highest BCUT2D eigenvalue weighted by atomic mass is 16.7. The van der Waals surface area contributed by atoms with Crippen molar-refractivity contribution in [3.8, 4) is 0 Å². The first-order valence-corrected chi connectivity index (χ1v) is 10.6. The second kappa shape index (κ2) is 10.4. The van der Waals surface area contributed by atoms with E-state index in [1.54, 1.807) is 54.6 Å². The van der Waals surface area contributed by atoms with E-state index in [-0.39, 0.29) is 18.0 Å². The number of hydrogen-bond donors (Lipinski definition) is 2. The van der Waals surface area contributed by atoms with Gasteiger partial charge in [-0.15, -0.1) is 0 Å². The van der Waals surface area contributed by atoms with Crippen LogP contribution in [-0.2, 0) is 21.0 Å². The van der Waals surface area contributed by atoms with E-state index in [2.05, 4.69) is 15.9 Å². The van der Waals surface area contributed by atoms with Crippen molar-refractivity contribution in [2.75, 3.05) is 5.01 Å². The molecule has 0 bridgehead atoms. The summed E-state index contributed by atoms with van der Waals surface area (Å²) in [6.45, 7) is 2.20. The lowest BCUT2D eigenvalue weighted by atomic mass is 10.1. The lowest BCUT2D eigenvalue weighted by Crippen LogP contribution is -2.33. The van der Waals surface area contributed by atoms with Gasteiger partial charge in [0.2, 0.25) is 0 Å². The fraction of sp³-hybridized carbons (Fsp3) is 0.0769. The molecule has 0 spiro atoms. The van der Waals surface area contributed by atoms with Crippen LogP contribution in [0.15, 0.2) is 102 Å². The molecule has 3 aromatic rings. The Bertz CT molecular complexity index is 1250. The maximum absolute atomic E-state index is 13.1. The largest absolute Gasteiger partial charge is 0.376 e. The number of rotatable bonds is 6. The number of benzene rings is 3. The van der Waals surface area contributed by atoms with Gasteiger partial charge in [0, 0.05) is 18.2 Å². The number of aryl methyl sites for hydroxylation is 1. The molecule has 0 aromatic heterocycles. The summed E-state index contributed by atoms with van der Waals surface area (Å²) in [6, 6.07) is 25.0. The second-order valence-electron chi connectivity index (χ2n) is 7.52. The number of nitrogens with one attached hydrogen (secondary N) is 2. The summed E-state index contributed by atoms with van der Waals surface area (Å²) in [5.41, 5.74) is 5.20. The van der Waals surface area contributed by atoms with Crippen LogP contribution in [0.3, 0.4) is 0 Å². The first-order valence-electron chi connectivity index (χ1n) is 10.6. The van der Waals surface area contributed by atoms with E-state index in [0.29, 0.717) is 11.3 Å². The molecule has 1 fully saturated rings. The number of aliphatic imine (C=N–C) groups is 1. The SMILES string of the molecule is Cc1ccc(CNC(=O)C(/C=C2\C(=O)ONN2c2ccccc2)=NC(=O)c2ccccc2)cc1. The van der Waals surface area contributed by atoms with Gasteiger partial charge in [0.1, 0.15) is 5.71 Å². The average molecular weight is 454 g/mol. The van der Waals surface area contributed by atoms with Crippen molar-refractivity contribution in [2.45, 2.75) is 13.5 Å². The van der Waals surface area contributed by atoms with Crippen molar-refractivity contribution < 1.29 is 19.2 Å². The minimum absolute atomic E-state index is 0.0105. The monoisotopic (exact) mass is 454 g/mol. The molecule has 3 aromatic carbocycles. The highest BCUT2D eigenvalue weighted by Gasteiger charge is 2.30. The van der Waals surface area contributed by atoms with Gasteiger partial charge in [-0.3, -0.25) is 9.59 Å². The fourth-order valence-electron chi connectivity index (χ4n) is 3.18. The minimum atomic E-state index is -0.713. The van der Waals surface area contributed by atoms with Crippen LogP contribution in [0.1, 0.15) is 21.5 Å². The molecule has 0 aliphatic carbocycles. The molecule has 1 saturated heterocycles. The number of anilines is 1. The van der Waals surface area contributed by atoms with E-state index in [4.69, 9.17) is 4.84 Å². The third-order valence-corrected chi connectivity index (χ3v) is 5.02. The summed E-state index contributed by atoms with van der Waals surface area (Å²) in [5.74, 6) is -1.93. The van der Waals surface area contributed by atoms with Crippen LogP contribution in [-0.4, -0.2) is 23.5 Å². The van der Waals surface area contributed by atoms with Crippen molar-refractivity contribution >= 4 is 29.2 Å². The molecule has 1 aliphatic heterocycles. The quantitative estimate of drug-likeness (QED) is 0.438. The number of hydrogen-bond acceptors (Lipinski definition) is 6. The van der Waals surface area contributed by atoms with Gasteiger partial charge >= 0.3 is 5.97 Å². The zero-order valence-electron chi connectivity index (χ0n) is 18.4. The minimum Gasteiger partial charge on any atom is -0.347 e. The molecule has 2 amide bonds. The first-order chi connectivity index (χ1) is 16.5. The summed E-state index contributed by atoms with van der Waals surface area (Å²) in [7, 11) is 0. The summed E-state index contributed by atoms with van der Waals surface area (Å²) in [5, 5.41) is 4.13. The van der Waals surface area contributed by atoms with Gasteiger partial charge in [-0.25, -0.2) is 14.8 Å². The van der Waals surface area contributed by atoms with E-state index in [1.165, 1.54) is 11.1 Å². The van der Waals surface area contributed by atoms with Gasteiger partial charge in [0.05, 0.1) is 5.69 Å². The Morgan fingerprint density at radius 3 is 2.29 bits per heavy atom. The van der Waals surface area contributed by atoms with E-state index < -0.39 is 17.8 Å². The van der Waals surface area contributed by atoms with Crippen LogP contribution in [0.5, 0.6) is 0 Å². The zero-order chi connectivity index (χ0) is 23.9. The number of nitrogens with zero attached hydrogens (tertiary/aromatic N) is 2. The van der Waals surface area contributed by atoms with Crippen molar-refractivity contribution in [1.82, 2.24) is 10.9 Å². The molecule has 8 heteroatoms.